The molecule has 1 aliphatic rings. The molecular weight excluding hydrogens is 392 g/mol. The average Bonchev–Trinajstić information content (AvgIpc) is 2.75. The van der Waals surface area contributed by atoms with Gasteiger partial charge in [-0.3, -0.25) is 25.3 Å². The van der Waals surface area contributed by atoms with Gasteiger partial charge in [0.25, 0.3) is 11.8 Å². The molecule has 166 valence electrons. The molecule has 1 aliphatic heterocycles. The fraction of sp³-hybridized carbons (Fsp3) is 0.550. The molecule has 2 N–H and O–H groups in total. The van der Waals surface area contributed by atoms with Gasteiger partial charge in [-0.05, 0) is 24.1 Å². The molecule has 0 aliphatic carbocycles. The largest absolute Gasteiger partial charge is 0.493 e. The number of hydrogen-bond donors (Lipinski definition) is 2. The van der Waals surface area contributed by atoms with E-state index in [0.717, 1.165) is 0 Å². The molecule has 1 heterocycles. The summed E-state index contributed by atoms with van der Waals surface area (Å²) >= 11 is 0. The van der Waals surface area contributed by atoms with Crippen molar-refractivity contribution in [1.29, 1.82) is 0 Å². The van der Waals surface area contributed by atoms with Crippen LogP contribution in [0.5, 0.6) is 11.5 Å². The van der Waals surface area contributed by atoms with Crippen molar-refractivity contribution in [2.75, 3.05) is 53.6 Å². The Morgan fingerprint density at radius 2 is 1.67 bits per heavy atom. The molecule has 10 heteroatoms. The van der Waals surface area contributed by atoms with Gasteiger partial charge < -0.3 is 19.1 Å². The highest BCUT2D eigenvalue weighted by Gasteiger charge is 2.23. The first-order chi connectivity index (χ1) is 14.3. The van der Waals surface area contributed by atoms with Crippen LogP contribution in [-0.2, 0) is 9.53 Å². The molecule has 1 fully saturated rings. The predicted octanol–water partition coefficient (Wildman–Crippen LogP) is 0.875. The van der Waals surface area contributed by atoms with Gasteiger partial charge in [-0.25, -0.2) is 4.79 Å². The standard InChI is InChI=1S/C20H30N4O6/c1-14(2)13-30-20(27)24-9-7-23(8-10-24)12-18(25)21-22-19(26)15-5-6-16(28-3)17(11-15)29-4/h5-6,11,14H,7-10,12-13H2,1-4H3,(H,21,25)(H,22,26). The summed E-state index contributed by atoms with van der Waals surface area (Å²) in [7, 11) is 2.98. The van der Waals surface area contributed by atoms with Gasteiger partial charge >= 0.3 is 6.09 Å². The number of nitrogens with zero attached hydrogens (tertiary/aromatic N) is 2. The molecule has 1 saturated heterocycles. The lowest BCUT2D eigenvalue weighted by Gasteiger charge is -2.33. The van der Waals surface area contributed by atoms with Crippen LogP contribution in [0.2, 0.25) is 0 Å². The molecular formula is C20H30N4O6. The van der Waals surface area contributed by atoms with Crippen molar-refractivity contribution in [3.63, 3.8) is 0 Å². The van der Waals surface area contributed by atoms with Crippen molar-refractivity contribution in [2.24, 2.45) is 5.92 Å². The van der Waals surface area contributed by atoms with Crippen molar-refractivity contribution < 1.29 is 28.6 Å². The van der Waals surface area contributed by atoms with Crippen LogP contribution in [0.1, 0.15) is 24.2 Å². The molecule has 10 nitrogen and oxygen atoms in total. The maximum atomic E-state index is 12.2. The summed E-state index contributed by atoms with van der Waals surface area (Å²) in [5.74, 6) is 0.390. The minimum atomic E-state index is -0.470. The van der Waals surface area contributed by atoms with Gasteiger partial charge in [0, 0.05) is 31.7 Å². The number of nitrogens with one attached hydrogen (secondary N) is 2. The second-order valence-electron chi connectivity index (χ2n) is 7.31. The van der Waals surface area contributed by atoms with Gasteiger partial charge in [-0.15, -0.1) is 0 Å². The van der Waals surface area contributed by atoms with E-state index >= 15 is 0 Å². The zero-order chi connectivity index (χ0) is 22.1. The third-order valence-electron chi connectivity index (χ3n) is 4.50. The number of carbonyl (C=O) groups is 3. The predicted molar refractivity (Wildman–Crippen MR) is 109 cm³/mol. The number of piperazine rings is 1. The molecule has 0 saturated carbocycles. The lowest BCUT2D eigenvalue weighted by atomic mass is 10.2. The average molecular weight is 422 g/mol. The minimum Gasteiger partial charge on any atom is -0.493 e. The van der Waals surface area contributed by atoms with Crippen molar-refractivity contribution in [1.82, 2.24) is 20.7 Å². The molecule has 2 rings (SSSR count). The summed E-state index contributed by atoms with van der Waals surface area (Å²) in [6, 6.07) is 4.71. The molecule has 30 heavy (non-hydrogen) atoms. The Balaban J connectivity index is 1.74. The zero-order valence-corrected chi connectivity index (χ0v) is 17.9. The van der Waals surface area contributed by atoms with E-state index in [1.54, 1.807) is 17.0 Å². The summed E-state index contributed by atoms with van der Waals surface area (Å²) in [6.45, 7) is 6.54. The lowest BCUT2D eigenvalue weighted by Crippen LogP contribution is -2.53. The third kappa shape index (κ3) is 6.80. The minimum absolute atomic E-state index is 0.112. The maximum Gasteiger partial charge on any atom is 0.409 e. The van der Waals surface area contributed by atoms with Gasteiger partial charge in [-0.2, -0.15) is 0 Å². The Morgan fingerprint density at radius 1 is 1.00 bits per heavy atom. The summed E-state index contributed by atoms with van der Waals surface area (Å²) in [5.41, 5.74) is 5.11. The summed E-state index contributed by atoms with van der Waals surface area (Å²) in [5, 5.41) is 0. The van der Waals surface area contributed by atoms with E-state index in [-0.39, 0.29) is 24.5 Å². The van der Waals surface area contributed by atoms with Crippen LogP contribution in [-0.4, -0.2) is 81.3 Å². The number of amides is 3. The first kappa shape index (κ1) is 23.3. The maximum absolute atomic E-state index is 12.2. The first-order valence-electron chi connectivity index (χ1n) is 9.79. The van der Waals surface area contributed by atoms with E-state index in [1.165, 1.54) is 20.3 Å². The smallest absolute Gasteiger partial charge is 0.409 e. The van der Waals surface area contributed by atoms with Gasteiger partial charge in [0.2, 0.25) is 0 Å². The van der Waals surface area contributed by atoms with E-state index in [0.29, 0.717) is 49.8 Å². The number of hydrazine groups is 1. The van der Waals surface area contributed by atoms with Crippen molar-refractivity contribution in [3.05, 3.63) is 23.8 Å². The van der Waals surface area contributed by atoms with E-state index in [1.807, 2.05) is 18.7 Å². The monoisotopic (exact) mass is 422 g/mol. The number of hydrogen-bond acceptors (Lipinski definition) is 7. The lowest BCUT2D eigenvalue weighted by molar-refractivity contribution is -0.123. The van der Waals surface area contributed by atoms with Crippen LogP contribution < -0.4 is 20.3 Å². The number of carbonyl (C=O) groups excluding carboxylic acids is 3. The van der Waals surface area contributed by atoms with Gasteiger partial charge in [-0.1, -0.05) is 13.8 Å². The zero-order valence-electron chi connectivity index (χ0n) is 17.9. The first-order valence-corrected chi connectivity index (χ1v) is 9.79. The molecule has 1 aromatic rings. The third-order valence-corrected chi connectivity index (χ3v) is 4.50. The molecule has 0 aromatic heterocycles. The number of methoxy groups -OCH3 is 2. The second-order valence-corrected chi connectivity index (χ2v) is 7.31. The van der Waals surface area contributed by atoms with Crippen molar-refractivity contribution >= 4 is 17.9 Å². The number of rotatable bonds is 7. The SMILES string of the molecule is COc1ccc(C(=O)NNC(=O)CN2CCN(C(=O)OCC(C)C)CC2)cc1OC. The number of ether oxygens (including phenoxy) is 3. The highest BCUT2D eigenvalue weighted by Crippen LogP contribution is 2.27. The quantitative estimate of drug-likeness (QED) is 0.628. The molecule has 0 spiro atoms. The second kappa shape index (κ2) is 11.2. The molecule has 3 amide bonds. The fourth-order valence-corrected chi connectivity index (χ4v) is 2.84. The molecule has 1 aromatic carbocycles. The molecule has 0 bridgehead atoms. The van der Waals surface area contributed by atoms with E-state index in [9.17, 15) is 14.4 Å². The van der Waals surface area contributed by atoms with Crippen LogP contribution in [0.4, 0.5) is 4.79 Å². The molecule has 0 unspecified atom stereocenters. The van der Waals surface area contributed by atoms with Gasteiger partial charge in [0.05, 0.1) is 27.4 Å². The van der Waals surface area contributed by atoms with Crippen LogP contribution >= 0.6 is 0 Å². The number of benzene rings is 1. The van der Waals surface area contributed by atoms with Crippen LogP contribution in [0, 0.1) is 5.92 Å². The van der Waals surface area contributed by atoms with Gasteiger partial charge in [0.1, 0.15) is 0 Å². The normalized spacial score (nSPS) is 14.2. The highest BCUT2D eigenvalue weighted by molar-refractivity contribution is 5.96. The van der Waals surface area contributed by atoms with Crippen molar-refractivity contribution in [3.8, 4) is 11.5 Å². The summed E-state index contributed by atoms with van der Waals surface area (Å²) < 4.78 is 15.5. The van der Waals surface area contributed by atoms with E-state index in [2.05, 4.69) is 10.9 Å². The van der Waals surface area contributed by atoms with E-state index in [4.69, 9.17) is 14.2 Å². The topological polar surface area (TPSA) is 109 Å². The Labute approximate surface area is 176 Å². The fourth-order valence-electron chi connectivity index (χ4n) is 2.84. The van der Waals surface area contributed by atoms with Gasteiger partial charge in [0.15, 0.2) is 11.5 Å². The van der Waals surface area contributed by atoms with E-state index < -0.39 is 5.91 Å². The molecule has 0 atom stereocenters. The Hall–Kier alpha value is -3.01. The van der Waals surface area contributed by atoms with Crippen LogP contribution in [0.15, 0.2) is 18.2 Å². The summed E-state index contributed by atoms with van der Waals surface area (Å²) in [4.78, 5) is 39.9. The molecule has 0 radical (unpaired) electrons. The van der Waals surface area contributed by atoms with Crippen LogP contribution in [0.3, 0.4) is 0 Å². The summed E-state index contributed by atoms with van der Waals surface area (Å²) in [6.07, 6.45) is -0.324. The Kier molecular flexibility index (Phi) is 8.72. The van der Waals surface area contributed by atoms with Crippen molar-refractivity contribution in [2.45, 2.75) is 13.8 Å². The Bertz CT molecular complexity index is 747. The van der Waals surface area contributed by atoms with Crippen LogP contribution in [0.25, 0.3) is 0 Å². The Morgan fingerprint density at radius 3 is 2.27 bits per heavy atom. The highest BCUT2D eigenvalue weighted by atomic mass is 16.6.